The zero-order chi connectivity index (χ0) is 19.8. The molecule has 150 valence electrons. The van der Waals surface area contributed by atoms with E-state index < -0.39 is 6.23 Å². The number of rotatable bonds is 4. The van der Waals surface area contributed by atoms with Gasteiger partial charge in [0.1, 0.15) is 17.9 Å². The first-order valence-corrected chi connectivity index (χ1v) is 9.85. The lowest BCUT2D eigenvalue weighted by Crippen LogP contribution is -2.47. The average Bonchev–Trinajstić information content (AvgIpc) is 3.29. The van der Waals surface area contributed by atoms with Crippen LogP contribution >= 0.6 is 0 Å². The van der Waals surface area contributed by atoms with Crippen molar-refractivity contribution >= 4 is 12.1 Å². The number of hydrogen-bond donors (Lipinski definition) is 2. The van der Waals surface area contributed by atoms with Crippen molar-refractivity contribution in [2.75, 3.05) is 6.54 Å². The average molecular weight is 386 g/mol. The summed E-state index contributed by atoms with van der Waals surface area (Å²) in [4.78, 5) is 11.3. The maximum absolute atomic E-state index is 13.8. The van der Waals surface area contributed by atoms with Crippen molar-refractivity contribution in [3.05, 3.63) is 41.6 Å². The Morgan fingerprint density at radius 1 is 1.36 bits per heavy atom. The number of aliphatic hydroxyl groups is 1. The predicted octanol–water partition coefficient (Wildman–Crippen LogP) is 2.15. The number of aliphatic hydroxyl groups excluding tert-OH is 1. The standard InChI is InChI=1S/C20H27FN6O/c1-12(2)24-20(28)16-11-23-27-8-6-18(25-19(16)27)26-7-4-5-17(26)15-9-14(21)10-22-13(15)3/h6,8-12,16-17,19-20,24,28H,4-5,7H2,1-3H3/t16?,17-,19?,20?/m1/s1. The van der Waals surface area contributed by atoms with Gasteiger partial charge >= 0.3 is 0 Å². The van der Waals surface area contributed by atoms with E-state index in [0.29, 0.717) is 0 Å². The van der Waals surface area contributed by atoms with Crippen molar-refractivity contribution in [3.63, 3.8) is 0 Å². The van der Waals surface area contributed by atoms with Gasteiger partial charge in [0.25, 0.3) is 0 Å². The number of amidine groups is 1. The van der Waals surface area contributed by atoms with Gasteiger partial charge in [-0.25, -0.2) is 14.4 Å². The van der Waals surface area contributed by atoms with E-state index in [0.717, 1.165) is 36.5 Å². The number of nitrogens with zero attached hydrogens (tertiary/aromatic N) is 5. The number of aryl methyl sites for hydroxylation is 1. The number of aliphatic imine (C=N–C) groups is 1. The number of pyridine rings is 1. The zero-order valence-electron chi connectivity index (χ0n) is 16.5. The molecule has 4 rings (SSSR count). The van der Waals surface area contributed by atoms with E-state index >= 15 is 0 Å². The van der Waals surface area contributed by atoms with Crippen LogP contribution in [-0.4, -0.2) is 57.0 Å². The maximum Gasteiger partial charge on any atom is 0.155 e. The first-order chi connectivity index (χ1) is 13.4. The molecule has 2 N–H and O–H groups in total. The van der Waals surface area contributed by atoms with Crippen LogP contribution in [-0.2, 0) is 0 Å². The van der Waals surface area contributed by atoms with E-state index in [-0.39, 0.29) is 30.0 Å². The number of fused-ring (bicyclic) bond motifs is 1. The first-order valence-electron chi connectivity index (χ1n) is 9.85. The molecule has 1 saturated heterocycles. The topological polar surface area (TPSA) is 76.3 Å². The summed E-state index contributed by atoms with van der Waals surface area (Å²) in [6.45, 7) is 6.76. The van der Waals surface area contributed by atoms with Crippen LogP contribution in [0.3, 0.4) is 0 Å². The lowest BCUT2D eigenvalue weighted by atomic mass is 10.0. The smallest absolute Gasteiger partial charge is 0.155 e. The lowest BCUT2D eigenvalue weighted by Gasteiger charge is -2.33. The normalized spacial score (nSPS) is 27.5. The third-order valence-electron chi connectivity index (χ3n) is 5.50. The van der Waals surface area contributed by atoms with Crippen LogP contribution in [0.15, 0.2) is 34.6 Å². The molecule has 1 fully saturated rings. The molecule has 0 amide bonds. The van der Waals surface area contributed by atoms with Gasteiger partial charge in [-0.05, 0) is 51.3 Å². The van der Waals surface area contributed by atoms with Gasteiger partial charge in [-0.3, -0.25) is 10.3 Å². The quantitative estimate of drug-likeness (QED) is 0.776. The summed E-state index contributed by atoms with van der Waals surface area (Å²) in [5.41, 5.74) is 1.76. The summed E-state index contributed by atoms with van der Waals surface area (Å²) in [6, 6.07) is 1.80. The maximum atomic E-state index is 13.8. The summed E-state index contributed by atoms with van der Waals surface area (Å²) < 4.78 is 13.8. The second-order valence-corrected chi connectivity index (χ2v) is 7.88. The molecular weight excluding hydrogens is 359 g/mol. The molecular formula is C20H27FN6O. The van der Waals surface area contributed by atoms with E-state index in [1.807, 2.05) is 33.0 Å². The number of aromatic nitrogens is 1. The molecule has 0 saturated carbocycles. The first kappa shape index (κ1) is 19.0. The third-order valence-corrected chi connectivity index (χ3v) is 5.50. The molecule has 7 nitrogen and oxygen atoms in total. The highest BCUT2D eigenvalue weighted by Crippen LogP contribution is 2.35. The van der Waals surface area contributed by atoms with E-state index in [9.17, 15) is 9.50 Å². The molecule has 0 spiro atoms. The van der Waals surface area contributed by atoms with Crippen molar-refractivity contribution < 1.29 is 9.50 Å². The van der Waals surface area contributed by atoms with E-state index in [1.165, 1.54) is 6.20 Å². The molecule has 3 aliphatic rings. The van der Waals surface area contributed by atoms with Crippen LogP contribution in [0.1, 0.15) is 44.0 Å². The van der Waals surface area contributed by atoms with Crippen LogP contribution in [0.2, 0.25) is 0 Å². The highest BCUT2D eigenvalue weighted by atomic mass is 19.1. The fourth-order valence-electron chi connectivity index (χ4n) is 4.16. The molecule has 8 heteroatoms. The summed E-state index contributed by atoms with van der Waals surface area (Å²) >= 11 is 0. The molecule has 3 unspecified atom stereocenters. The van der Waals surface area contributed by atoms with Crippen LogP contribution in [0, 0.1) is 18.7 Å². The molecule has 4 heterocycles. The van der Waals surface area contributed by atoms with Crippen LogP contribution in [0.4, 0.5) is 4.39 Å². The molecule has 1 aromatic rings. The van der Waals surface area contributed by atoms with Gasteiger partial charge in [-0.2, -0.15) is 5.10 Å². The molecule has 0 bridgehead atoms. The Hall–Kier alpha value is -2.32. The van der Waals surface area contributed by atoms with Gasteiger partial charge in [0.15, 0.2) is 6.17 Å². The fraction of sp³-hybridized carbons (Fsp3) is 0.550. The van der Waals surface area contributed by atoms with Gasteiger partial charge in [0, 0.05) is 30.7 Å². The van der Waals surface area contributed by atoms with Crippen molar-refractivity contribution in [2.24, 2.45) is 16.0 Å². The van der Waals surface area contributed by atoms with Crippen LogP contribution in [0.5, 0.6) is 0 Å². The lowest BCUT2D eigenvalue weighted by molar-refractivity contribution is 0.0694. The van der Waals surface area contributed by atoms with Gasteiger partial charge in [-0.1, -0.05) is 0 Å². The molecule has 28 heavy (non-hydrogen) atoms. The molecule has 0 aliphatic carbocycles. The van der Waals surface area contributed by atoms with Gasteiger partial charge < -0.3 is 10.0 Å². The number of nitrogens with one attached hydrogen (secondary N) is 1. The Labute approximate surface area is 164 Å². The summed E-state index contributed by atoms with van der Waals surface area (Å²) in [5.74, 6) is 0.299. The van der Waals surface area contributed by atoms with Gasteiger partial charge in [0.2, 0.25) is 0 Å². The Balaban J connectivity index is 1.58. The summed E-state index contributed by atoms with van der Waals surface area (Å²) in [6.07, 6.45) is 7.80. The van der Waals surface area contributed by atoms with Gasteiger partial charge in [0.05, 0.1) is 18.2 Å². The molecule has 0 aromatic carbocycles. The largest absolute Gasteiger partial charge is 0.378 e. The van der Waals surface area contributed by atoms with Crippen molar-refractivity contribution in [2.45, 2.75) is 58.1 Å². The highest BCUT2D eigenvalue weighted by Gasteiger charge is 2.39. The Bertz CT molecular complexity index is 823. The Kier molecular flexibility index (Phi) is 5.16. The number of likely N-dealkylation sites (tertiary alicyclic amines) is 1. The highest BCUT2D eigenvalue weighted by molar-refractivity contribution is 5.94. The summed E-state index contributed by atoms with van der Waals surface area (Å²) in [7, 11) is 0. The SMILES string of the molecule is Cc1ncc(F)cc1[C@H]1CCCN1C1=NC2C(C(O)NC(C)C)C=NN2C=C1. The predicted molar refractivity (Wildman–Crippen MR) is 106 cm³/mol. The number of hydrazone groups is 1. The third kappa shape index (κ3) is 3.54. The van der Waals surface area contributed by atoms with E-state index in [1.54, 1.807) is 17.3 Å². The van der Waals surface area contributed by atoms with Crippen LogP contribution < -0.4 is 5.32 Å². The Morgan fingerprint density at radius 2 is 2.18 bits per heavy atom. The number of hydrogen-bond acceptors (Lipinski definition) is 7. The monoisotopic (exact) mass is 386 g/mol. The molecule has 3 aliphatic heterocycles. The van der Waals surface area contributed by atoms with Crippen LogP contribution in [0.25, 0.3) is 0 Å². The van der Waals surface area contributed by atoms with E-state index in [4.69, 9.17) is 4.99 Å². The Morgan fingerprint density at radius 3 is 2.96 bits per heavy atom. The fourth-order valence-corrected chi connectivity index (χ4v) is 4.16. The number of halogens is 1. The minimum absolute atomic E-state index is 0.0534. The van der Waals surface area contributed by atoms with E-state index in [2.05, 4.69) is 20.3 Å². The minimum Gasteiger partial charge on any atom is -0.378 e. The van der Waals surface area contributed by atoms with Crippen molar-refractivity contribution in [3.8, 4) is 0 Å². The molecule has 0 radical (unpaired) electrons. The molecule has 1 aromatic heterocycles. The second kappa shape index (κ2) is 7.60. The van der Waals surface area contributed by atoms with Crippen molar-refractivity contribution in [1.29, 1.82) is 0 Å². The summed E-state index contributed by atoms with van der Waals surface area (Å²) in [5, 5.41) is 19.8. The van der Waals surface area contributed by atoms with Crippen molar-refractivity contribution in [1.82, 2.24) is 20.2 Å². The van der Waals surface area contributed by atoms with Gasteiger partial charge in [-0.15, -0.1) is 0 Å². The zero-order valence-corrected chi connectivity index (χ0v) is 16.5. The second-order valence-electron chi connectivity index (χ2n) is 7.88. The molecule has 4 atom stereocenters. The minimum atomic E-state index is -0.723.